The average molecular weight is 264 g/mol. The summed E-state index contributed by atoms with van der Waals surface area (Å²) in [5.41, 5.74) is 6.46. The van der Waals surface area contributed by atoms with E-state index in [1.165, 1.54) is 6.92 Å². The largest absolute Gasteiger partial charge is 0.493 e. The first-order valence-electron chi connectivity index (χ1n) is 6.25. The van der Waals surface area contributed by atoms with Crippen molar-refractivity contribution >= 4 is 11.8 Å². The van der Waals surface area contributed by atoms with Crippen LogP contribution in [-0.2, 0) is 9.59 Å². The second-order valence-corrected chi connectivity index (χ2v) is 4.27. The van der Waals surface area contributed by atoms with E-state index >= 15 is 0 Å². The summed E-state index contributed by atoms with van der Waals surface area (Å²) < 4.78 is 5.48. The van der Waals surface area contributed by atoms with Crippen molar-refractivity contribution in [3.05, 3.63) is 29.8 Å². The molecule has 0 unspecified atom stereocenters. The maximum Gasteiger partial charge on any atom is 0.232 e. The van der Waals surface area contributed by atoms with Gasteiger partial charge >= 0.3 is 0 Å². The molecule has 0 bridgehead atoms. The van der Waals surface area contributed by atoms with Gasteiger partial charge < -0.3 is 10.5 Å². The number of carbonyl (C=O) groups is 2. The zero-order valence-corrected chi connectivity index (χ0v) is 11.4. The van der Waals surface area contributed by atoms with E-state index < -0.39 is 0 Å². The number of nitrogens with zero attached hydrogens (tertiary/aromatic N) is 1. The van der Waals surface area contributed by atoms with Crippen LogP contribution < -0.4 is 10.5 Å². The Labute approximate surface area is 113 Å². The van der Waals surface area contributed by atoms with Gasteiger partial charge in [-0.3, -0.25) is 14.5 Å². The number of amides is 2. The van der Waals surface area contributed by atoms with Crippen molar-refractivity contribution in [2.45, 2.75) is 20.3 Å². The quantitative estimate of drug-likeness (QED) is 0.835. The van der Waals surface area contributed by atoms with Gasteiger partial charge in [-0.1, -0.05) is 12.1 Å². The second kappa shape index (κ2) is 7.53. The highest BCUT2D eigenvalue weighted by Crippen LogP contribution is 2.12. The van der Waals surface area contributed by atoms with Gasteiger partial charge in [0.1, 0.15) is 5.75 Å². The second-order valence-electron chi connectivity index (χ2n) is 4.27. The molecule has 0 aliphatic heterocycles. The van der Waals surface area contributed by atoms with Crippen molar-refractivity contribution in [2.75, 3.05) is 19.7 Å². The van der Waals surface area contributed by atoms with Crippen molar-refractivity contribution in [2.24, 2.45) is 5.73 Å². The minimum absolute atomic E-state index is 0.160. The lowest BCUT2D eigenvalue weighted by molar-refractivity contribution is -0.143. The van der Waals surface area contributed by atoms with Crippen molar-refractivity contribution in [1.82, 2.24) is 4.90 Å². The maximum absolute atomic E-state index is 11.8. The molecule has 5 heteroatoms. The molecule has 2 N–H and O–H groups in total. The molecule has 5 nitrogen and oxygen atoms in total. The molecule has 1 aromatic carbocycles. The van der Waals surface area contributed by atoms with Crippen molar-refractivity contribution < 1.29 is 14.3 Å². The van der Waals surface area contributed by atoms with Gasteiger partial charge in [-0.15, -0.1) is 0 Å². The fourth-order valence-electron chi connectivity index (χ4n) is 1.68. The highest BCUT2D eigenvalue weighted by Gasteiger charge is 2.16. The molecule has 0 saturated carbocycles. The Morgan fingerprint density at radius 2 is 2.11 bits per heavy atom. The van der Waals surface area contributed by atoms with Gasteiger partial charge in [0.2, 0.25) is 11.8 Å². The third-order valence-electron chi connectivity index (χ3n) is 2.61. The summed E-state index contributed by atoms with van der Waals surface area (Å²) in [6, 6.07) is 7.59. The first-order chi connectivity index (χ1) is 9.04. The summed E-state index contributed by atoms with van der Waals surface area (Å²) in [6.45, 7) is 4.09. The van der Waals surface area contributed by atoms with Gasteiger partial charge in [0.15, 0.2) is 0 Å². The maximum atomic E-state index is 11.8. The Morgan fingerprint density at radius 1 is 1.37 bits per heavy atom. The lowest BCUT2D eigenvalue weighted by atomic mass is 10.2. The zero-order valence-electron chi connectivity index (χ0n) is 11.4. The average Bonchev–Trinajstić information content (AvgIpc) is 2.35. The van der Waals surface area contributed by atoms with E-state index in [0.717, 1.165) is 16.2 Å². The zero-order chi connectivity index (χ0) is 14.3. The summed E-state index contributed by atoms with van der Waals surface area (Å²) >= 11 is 0. The molecule has 0 atom stereocenters. The Kier molecular flexibility index (Phi) is 6.02. The number of benzene rings is 1. The predicted molar refractivity (Wildman–Crippen MR) is 72.7 cm³/mol. The van der Waals surface area contributed by atoms with Gasteiger partial charge in [-0.05, 0) is 24.6 Å². The van der Waals surface area contributed by atoms with Crippen LogP contribution >= 0.6 is 0 Å². The molecule has 19 heavy (non-hydrogen) atoms. The number of hydrogen-bond acceptors (Lipinski definition) is 4. The van der Waals surface area contributed by atoms with Crippen LogP contribution in [0.1, 0.15) is 18.9 Å². The number of imide groups is 1. The van der Waals surface area contributed by atoms with Crippen LogP contribution in [0.25, 0.3) is 0 Å². The molecule has 0 fully saturated rings. The van der Waals surface area contributed by atoms with Crippen LogP contribution in [0.3, 0.4) is 0 Å². The summed E-state index contributed by atoms with van der Waals surface area (Å²) in [5, 5.41) is 0. The molecule has 0 aliphatic carbocycles. The highest BCUT2D eigenvalue weighted by molar-refractivity contribution is 5.94. The Bertz CT molecular complexity index is 446. The fourth-order valence-corrected chi connectivity index (χ4v) is 1.68. The number of hydrogen-bond donors (Lipinski definition) is 1. The lowest BCUT2D eigenvalue weighted by Crippen LogP contribution is -2.39. The molecule has 0 radical (unpaired) electrons. The minimum atomic E-state index is -0.286. The number of nitrogens with two attached hydrogens (primary N) is 1. The molecular formula is C14H20N2O3. The molecule has 1 aromatic rings. The number of aryl methyl sites for hydroxylation is 1. The van der Waals surface area contributed by atoms with Crippen molar-refractivity contribution in [3.63, 3.8) is 0 Å². The molecule has 104 valence electrons. The lowest BCUT2D eigenvalue weighted by Gasteiger charge is -2.18. The standard InChI is InChI=1S/C14H20N2O3/c1-11-4-3-5-13(10-11)19-9-6-14(18)16(8-7-15)12(2)17/h3-5,10H,6-9,15H2,1-2H3. The summed E-state index contributed by atoms with van der Waals surface area (Å²) in [7, 11) is 0. The van der Waals surface area contributed by atoms with E-state index in [0.29, 0.717) is 0 Å². The first-order valence-corrected chi connectivity index (χ1v) is 6.25. The van der Waals surface area contributed by atoms with E-state index in [4.69, 9.17) is 10.5 Å². The predicted octanol–water partition coefficient (Wildman–Crippen LogP) is 1.10. The molecule has 2 amide bonds. The normalized spacial score (nSPS) is 10.1. The van der Waals surface area contributed by atoms with Gasteiger partial charge in [0.25, 0.3) is 0 Å². The first kappa shape index (κ1) is 15.2. The molecule has 0 heterocycles. The van der Waals surface area contributed by atoms with E-state index in [1.54, 1.807) is 0 Å². The molecule has 0 spiro atoms. The number of ether oxygens (including phenoxy) is 1. The van der Waals surface area contributed by atoms with E-state index in [-0.39, 0.29) is 37.9 Å². The van der Waals surface area contributed by atoms with Crippen LogP contribution in [-0.4, -0.2) is 36.4 Å². The van der Waals surface area contributed by atoms with E-state index in [1.807, 2.05) is 31.2 Å². The monoisotopic (exact) mass is 264 g/mol. The van der Waals surface area contributed by atoms with Crippen LogP contribution in [0.5, 0.6) is 5.75 Å². The molecule has 0 aromatic heterocycles. The van der Waals surface area contributed by atoms with Crippen molar-refractivity contribution in [3.8, 4) is 5.75 Å². The van der Waals surface area contributed by atoms with E-state index in [2.05, 4.69) is 0 Å². The topological polar surface area (TPSA) is 72.6 Å². The summed E-state index contributed by atoms with van der Waals surface area (Å²) in [4.78, 5) is 24.2. The minimum Gasteiger partial charge on any atom is -0.493 e. The summed E-state index contributed by atoms with van der Waals surface area (Å²) in [6.07, 6.45) is 0.160. The summed E-state index contributed by atoms with van der Waals surface area (Å²) in [5.74, 6) is 0.178. The van der Waals surface area contributed by atoms with Crippen LogP contribution in [0.4, 0.5) is 0 Å². The molecule has 0 aliphatic rings. The van der Waals surface area contributed by atoms with Crippen LogP contribution in [0, 0.1) is 6.92 Å². The van der Waals surface area contributed by atoms with Crippen molar-refractivity contribution in [1.29, 1.82) is 0 Å². The molecule has 1 rings (SSSR count). The number of rotatable bonds is 6. The van der Waals surface area contributed by atoms with Crippen LogP contribution in [0.15, 0.2) is 24.3 Å². The molecule has 0 saturated heterocycles. The Balaban J connectivity index is 2.43. The fraction of sp³-hybridized carbons (Fsp3) is 0.429. The third kappa shape index (κ3) is 5.09. The smallest absolute Gasteiger partial charge is 0.232 e. The van der Waals surface area contributed by atoms with Gasteiger partial charge in [0.05, 0.1) is 13.0 Å². The van der Waals surface area contributed by atoms with Gasteiger partial charge in [-0.2, -0.15) is 0 Å². The third-order valence-corrected chi connectivity index (χ3v) is 2.61. The Morgan fingerprint density at radius 3 is 2.68 bits per heavy atom. The number of carbonyl (C=O) groups excluding carboxylic acids is 2. The Hall–Kier alpha value is -1.88. The van der Waals surface area contributed by atoms with Gasteiger partial charge in [0, 0.05) is 20.0 Å². The van der Waals surface area contributed by atoms with Crippen LogP contribution in [0.2, 0.25) is 0 Å². The SMILES string of the molecule is CC(=O)N(CCN)C(=O)CCOc1cccc(C)c1. The highest BCUT2D eigenvalue weighted by atomic mass is 16.5. The van der Waals surface area contributed by atoms with Gasteiger partial charge in [-0.25, -0.2) is 0 Å². The molecular weight excluding hydrogens is 244 g/mol. The van der Waals surface area contributed by atoms with E-state index in [9.17, 15) is 9.59 Å².